The van der Waals surface area contributed by atoms with Crippen LogP contribution in [0.5, 0.6) is 5.75 Å². The van der Waals surface area contributed by atoms with E-state index in [1.807, 2.05) is 37.3 Å². The van der Waals surface area contributed by atoms with Gasteiger partial charge in [0.15, 0.2) is 0 Å². The fourth-order valence-electron chi connectivity index (χ4n) is 2.83. The second-order valence-corrected chi connectivity index (χ2v) is 5.68. The number of ether oxygens (including phenoxy) is 1. The maximum atomic E-state index is 12.3. The Morgan fingerprint density at radius 1 is 1.29 bits per heavy atom. The Labute approximate surface area is 128 Å². The summed E-state index contributed by atoms with van der Waals surface area (Å²) in [5.41, 5.74) is 4.01. The smallest absolute Gasteiger partial charge is 0.232 e. The first kappa shape index (κ1) is 14.0. The molecule has 1 aliphatic rings. The van der Waals surface area contributed by atoms with Gasteiger partial charge in [-0.1, -0.05) is 29.8 Å². The summed E-state index contributed by atoms with van der Waals surface area (Å²) in [7, 11) is 1.62. The maximum Gasteiger partial charge on any atom is 0.232 e. The zero-order chi connectivity index (χ0) is 15.0. The van der Waals surface area contributed by atoms with Gasteiger partial charge in [-0.3, -0.25) is 4.79 Å². The van der Waals surface area contributed by atoms with E-state index in [9.17, 15) is 4.79 Å². The lowest BCUT2D eigenvalue weighted by molar-refractivity contribution is -0.117. The molecule has 2 aromatic carbocycles. The number of fused-ring (bicyclic) bond motifs is 1. The van der Waals surface area contributed by atoms with Crippen LogP contribution in [0.15, 0.2) is 36.4 Å². The van der Waals surface area contributed by atoms with Crippen molar-refractivity contribution in [2.24, 2.45) is 0 Å². The Balaban J connectivity index is 1.98. The van der Waals surface area contributed by atoms with Crippen LogP contribution < -0.4 is 10.1 Å². The number of aryl methyl sites for hydroxylation is 1. The second kappa shape index (κ2) is 5.41. The molecule has 2 aromatic rings. The highest BCUT2D eigenvalue weighted by atomic mass is 35.5. The van der Waals surface area contributed by atoms with E-state index in [1.165, 1.54) is 0 Å². The highest BCUT2D eigenvalue weighted by Gasteiger charge is 2.32. The van der Waals surface area contributed by atoms with Crippen molar-refractivity contribution in [2.45, 2.75) is 19.3 Å². The molecule has 4 heteroatoms. The number of methoxy groups -OCH3 is 1. The van der Waals surface area contributed by atoms with Gasteiger partial charge in [-0.2, -0.15) is 0 Å². The molecule has 1 N–H and O–H groups in total. The van der Waals surface area contributed by atoms with Gasteiger partial charge in [0.2, 0.25) is 5.91 Å². The van der Waals surface area contributed by atoms with Crippen LogP contribution in [0.1, 0.15) is 22.6 Å². The van der Waals surface area contributed by atoms with Gasteiger partial charge in [0, 0.05) is 10.7 Å². The molecule has 0 saturated heterocycles. The summed E-state index contributed by atoms with van der Waals surface area (Å²) in [4.78, 5) is 12.3. The van der Waals surface area contributed by atoms with Gasteiger partial charge in [0.1, 0.15) is 5.75 Å². The lowest BCUT2D eigenvalue weighted by Crippen LogP contribution is -2.14. The summed E-state index contributed by atoms with van der Waals surface area (Å²) in [5.74, 6) is 0.585. The molecular formula is C17H16ClNO2. The summed E-state index contributed by atoms with van der Waals surface area (Å²) in [6.45, 7) is 2.00. The van der Waals surface area contributed by atoms with Crippen LogP contribution in [0.25, 0.3) is 0 Å². The van der Waals surface area contributed by atoms with E-state index in [0.717, 1.165) is 28.1 Å². The van der Waals surface area contributed by atoms with Crippen LogP contribution in [0.2, 0.25) is 5.02 Å². The molecule has 0 unspecified atom stereocenters. The highest BCUT2D eigenvalue weighted by Crippen LogP contribution is 2.38. The van der Waals surface area contributed by atoms with E-state index in [0.29, 0.717) is 11.4 Å². The van der Waals surface area contributed by atoms with E-state index in [-0.39, 0.29) is 11.8 Å². The maximum absolute atomic E-state index is 12.3. The molecule has 1 atom stereocenters. The number of hydrogen-bond donors (Lipinski definition) is 1. The first-order chi connectivity index (χ1) is 10.1. The van der Waals surface area contributed by atoms with Crippen molar-refractivity contribution < 1.29 is 9.53 Å². The molecule has 21 heavy (non-hydrogen) atoms. The number of hydrogen-bond acceptors (Lipinski definition) is 2. The molecule has 3 rings (SSSR count). The lowest BCUT2D eigenvalue weighted by atomic mass is 9.92. The van der Waals surface area contributed by atoms with Crippen molar-refractivity contribution >= 4 is 23.2 Å². The number of halogens is 1. The predicted molar refractivity (Wildman–Crippen MR) is 84.3 cm³/mol. The molecule has 3 nitrogen and oxygen atoms in total. The Morgan fingerprint density at radius 3 is 2.86 bits per heavy atom. The largest absolute Gasteiger partial charge is 0.496 e. The summed E-state index contributed by atoms with van der Waals surface area (Å²) < 4.78 is 5.37. The van der Waals surface area contributed by atoms with Gasteiger partial charge < -0.3 is 10.1 Å². The Bertz CT molecular complexity index is 712. The van der Waals surface area contributed by atoms with Crippen LogP contribution in [0.3, 0.4) is 0 Å². The average molecular weight is 302 g/mol. The number of carbonyl (C=O) groups is 1. The van der Waals surface area contributed by atoms with Gasteiger partial charge >= 0.3 is 0 Å². The van der Waals surface area contributed by atoms with Crippen molar-refractivity contribution in [3.05, 3.63) is 58.1 Å². The minimum absolute atomic E-state index is 0.0290. The first-order valence-electron chi connectivity index (χ1n) is 6.83. The molecule has 0 saturated carbocycles. The summed E-state index contributed by atoms with van der Waals surface area (Å²) in [5, 5.41) is 3.62. The Hall–Kier alpha value is -2.00. The second-order valence-electron chi connectivity index (χ2n) is 5.24. The number of para-hydroxylation sites is 1. The molecule has 0 fully saturated rings. The number of nitrogens with one attached hydrogen (secondary N) is 1. The Kier molecular flexibility index (Phi) is 3.60. The van der Waals surface area contributed by atoms with Crippen LogP contribution in [-0.2, 0) is 11.2 Å². The van der Waals surface area contributed by atoms with Crippen molar-refractivity contribution in [1.82, 2.24) is 0 Å². The molecule has 1 heterocycles. The summed E-state index contributed by atoms with van der Waals surface area (Å²) in [6.07, 6.45) is 0.575. The average Bonchev–Trinajstić information content (AvgIpc) is 2.78. The van der Waals surface area contributed by atoms with Gasteiger partial charge in [0.25, 0.3) is 0 Å². The van der Waals surface area contributed by atoms with Crippen molar-refractivity contribution in [1.29, 1.82) is 0 Å². The zero-order valence-corrected chi connectivity index (χ0v) is 12.7. The van der Waals surface area contributed by atoms with E-state index in [2.05, 4.69) is 5.32 Å². The lowest BCUT2D eigenvalue weighted by Gasteiger charge is -2.13. The predicted octanol–water partition coefficient (Wildman–Crippen LogP) is 3.94. The van der Waals surface area contributed by atoms with E-state index in [1.54, 1.807) is 13.2 Å². The molecule has 0 aromatic heterocycles. The minimum Gasteiger partial charge on any atom is -0.496 e. The number of carbonyl (C=O) groups excluding carboxylic acids is 1. The van der Waals surface area contributed by atoms with Gasteiger partial charge in [-0.05, 0) is 48.2 Å². The van der Waals surface area contributed by atoms with Crippen molar-refractivity contribution in [2.75, 3.05) is 12.4 Å². The standard InChI is InChI=1S/C17H16ClNO2/c1-10-4-3-5-13-14(17(20)19-16(10)13)9-11-8-12(18)6-7-15(11)21-2/h3-8,14H,9H2,1-2H3,(H,19,20)/t14-/m0/s1. The van der Waals surface area contributed by atoms with Crippen molar-refractivity contribution in [3.63, 3.8) is 0 Å². The molecule has 1 amide bonds. The monoisotopic (exact) mass is 301 g/mol. The number of anilines is 1. The van der Waals surface area contributed by atoms with E-state index >= 15 is 0 Å². The third-order valence-electron chi connectivity index (χ3n) is 3.91. The fraction of sp³-hybridized carbons (Fsp3) is 0.235. The zero-order valence-electron chi connectivity index (χ0n) is 11.9. The van der Waals surface area contributed by atoms with Crippen LogP contribution >= 0.6 is 11.6 Å². The topological polar surface area (TPSA) is 38.3 Å². The number of rotatable bonds is 3. The third kappa shape index (κ3) is 2.49. The summed E-state index contributed by atoms with van der Waals surface area (Å²) in [6, 6.07) is 11.5. The molecule has 0 bridgehead atoms. The normalized spacial score (nSPS) is 16.5. The molecular weight excluding hydrogens is 286 g/mol. The Morgan fingerprint density at radius 2 is 2.10 bits per heavy atom. The van der Waals surface area contributed by atoms with E-state index in [4.69, 9.17) is 16.3 Å². The van der Waals surface area contributed by atoms with Crippen molar-refractivity contribution in [3.8, 4) is 5.75 Å². The van der Waals surface area contributed by atoms with Crippen LogP contribution in [0.4, 0.5) is 5.69 Å². The third-order valence-corrected chi connectivity index (χ3v) is 4.15. The first-order valence-corrected chi connectivity index (χ1v) is 7.20. The highest BCUT2D eigenvalue weighted by molar-refractivity contribution is 6.30. The van der Waals surface area contributed by atoms with Crippen LogP contribution in [-0.4, -0.2) is 13.0 Å². The minimum atomic E-state index is -0.202. The molecule has 108 valence electrons. The quantitative estimate of drug-likeness (QED) is 0.932. The molecule has 0 spiro atoms. The van der Waals surface area contributed by atoms with Gasteiger partial charge in [-0.25, -0.2) is 0 Å². The molecule has 0 radical (unpaired) electrons. The fourth-order valence-corrected chi connectivity index (χ4v) is 3.03. The SMILES string of the molecule is COc1ccc(Cl)cc1C[C@@H]1C(=O)Nc2c(C)cccc21. The van der Waals surface area contributed by atoms with Gasteiger partial charge in [-0.15, -0.1) is 0 Å². The molecule has 0 aliphatic carbocycles. The van der Waals surface area contributed by atoms with E-state index < -0.39 is 0 Å². The molecule has 1 aliphatic heterocycles. The number of amides is 1. The van der Waals surface area contributed by atoms with Crippen LogP contribution in [0, 0.1) is 6.92 Å². The number of benzene rings is 2. The summed E-state index contributed by atoms with van der Waals surface area (Å²) >= 11 is 6.06. The van der Waals surface area contributed by atoms with Gasteiger partial charge in [0.05, 0.1) is 13.0 Å².